The van der Waals surface area contributed by atoms with E-state index >= 15 is 0 Å². The number of rotatable bonds is 5. The lowest BCUT2D eigenvalue weighted by Crippen LogP contribution is -2.27. The van der Waals surface area contributed by atoms with Gasteiger partial charge in [0.15, 0.2) is 0 Å². The molecule has 0 saturated heterocycles. The van der Waals surface area contributed by atoms with Crippen molar-refractivity contribution in [1.82, 2.24) is 5.32 Å². The van der Waals surface area contributed by atoms with Crippen LogP contribution in [0, 0.1) is 6.92 Å². The van der Waals surface area contributed by atoms with Gasteiger partial charge in [0.25, 0.3) is 0 Å². The van der Waals surface area contributed by atoms with Crippen LogP contribution in [0.15, 0.2) is 30.9 Å². The average molecular weight is 219 g/mol. The fourth-order valence-electron chi connectivity index (χ4n) is 1.74. The highest BCUT2D eigenvalue weighted by Crippen LogP contribution is 2.26. The molecule has 0 aromatic heterocycles. The molecule has 0 amide bonds. The Morgan fingerprint density at radius 2 is 2.06 bits per heavy atom. The van der Waals surface area contributed by atoms with Gasteiger partial charge in [-0.1, -0.05) is 23.8 Å². The molecular formula is C14H21NO. The number of aryl methyl sites for hydroxylation is 1. The van der Waals surface area contributed by atoms with Gasteiger partial charge in [0.05, 0.1) is 7.11 Å². The van der Waals surface area contributed by atoms with Gasteiger partial charge in [-0.2, -0.15) is 0 Å². The molecule has 2 unspecified atom stereocenters. The summed E-state index contributed by atoms with van der Waals surface area (Å²) in [4.78, 5) is 0. The zero-order chi connectivity index (χ0) is 12.1. The summed E-state index contributed by atoms with van der Waals surface area (Å²) in [5.74, 6) is 0.932. The van der Waals surface area contributed by atoms with Crippen molar-refractivity contribution in [3.63, 3.8) is 0 Å². The first-order chi connectivity index (χ1) is 7.58. The van der Waals surface area contributed by atoms with Crippen LogP contribution in [0.1, 0.15) is 31.0 Å². The van der Waals surface area contributed by atoms with Gasteiger partial charge in [-0.25, -0.2) is 0 Å². The van der Waals surface area contributed by atoms with E-state index in [0.29, 0.717) is 6.04 Å². The van der Waals surface area contributed by atoms with Crippen LogP contribution in [0.4, 0.5) is 0 Å². The minimum atomic E-state index is 0.253. The van der Waals surface area contributed by atoms with Gasteiger partial charge in [-0.3, -0.25) is 0 Å². The van der Waals surface area contributed by atoms with Crippen LogP contribution in [0.3, 0.4) is 0 Å². The first kappa shape index (κ1) is 12.8. The normalized spacial score (nSPS) is 14.2. The SMILES string of the molecule is C=CC(C)NC(C)c1cc(C)ccc1OC. The Kier molecular flexibility index (Phi) is 4.56. The third kappa shape index (κ3) is 3.11. The zero-order valence-corrected chi connectivity index (χ0v) is 10.6. The zero-order valence-electron chi connectivity index (χ0n) is 10.6. The third-order valence-corrected chi connectivity index (χ3v) is 2.72. The van der Waals surface area contributed by atoms with Crippen LogP contribution in [-0.4, -0.2) is 13.2 Å². The summed E-state index contributed by atoms with van der Waals surface area (Å²) in [6, 6.07) is 6.78. The molecule has 0 aliphatic rings. The van der Waals surface area contributed by atoms with E-state index in [1.54, 1.807) is 7.11 Å². The van der Waals surface area contributed by atoms with Gasteiger partial charge in [0.2, 0.25) is 0 Å². The van der Waals surface area contributed by atoms with E-state index < -0.39 is 0 Å². The molecule has 88 valence electrons. The molecule has 1 aromatic carbocycles. The molecule has 0 spiro atoms. The maximum atomic E-state index is 5.37. The Labute approximate surface area is 98.3 Å². The van der Waals surface area contributed by atoms with Gasteiger partial charge in [-0.15, -0.1) is 6.58 Å². The number of ether oxygens (including phenoxy) is 1. The number of hydrogen-bond acceptors (Lipinski definition) is 2. The van der Waals surface area contributed by atoms with Crippen LogP contribution < -0.4 is 10.1 Å². The van der Waals surface area contributed by atoms with Crippen molar-refractivity contribution in [1.29, 1.82) is 0 Å². The summed E-state index contributed by atoms with van der Waals surface area (Å²) < 4.78 is 5.37. The lowest BCUT2D eigenvalue weighted by Gasteiger charge is -2.20. The van der Waals surface area contributed by atoms with Crippen LogP contribution in [-0.2, 0) is 0 Å². The van der Waals surface area contributed by atoms with Crippen LogP contribution in [0.25, 0.3) is 0 Å². The van der Waals surface area contributed by atoms with Gasteiger partial charge < -0.3 is 10.1 Å². The summed E-state index contributed by atoms with van der Waals surface area (Å²) in [6.45, 7) is 10.1. The molecule has 0 fully saturated rings. The molecule has 16 heavy (non-hydrogen) atoms. The Morgan fingerprint density at radius 1 is 1.38 bits per heavy atom. The molecule has 0 heterocycles. The first-order valence-corrected chi connectivity index (χ1v) is 5.61. The minimum absolute atomic E-state index is 0.253. The number of methoxy groups -OCH3 is 1. The summed E-state index contributed by atoms with van der Waals surface area (Å²) in [7, 11) is 1.71. The van der Waals surface area contributed by atoms with Crippen molar-refractivity contribution in [2.45, 2.75) is 32.9 Å². The molecule has 2 atom stereocenters. The van der Waals surface area contributed by atoms with Crippen LogP contribution in [0.2, 0.25) is 0 Å². The Hall–Kier alpha value is -1.28. The van der Waals surface area contributed by atoms with E-state index in [0.717, 1.165) is 5.75 Å². The number of hydrogen-bond donors (Lipinski definition) is 1. The Balaban J connectivity index is 2.92. The molecule has 2 heteroatoms. The van der Waals surface area contributed by atoms with E-state index in [9.17, 15) is 0 Å². The first-order valence-electron chi connectivity index (χ1n) is 5.61. The summed E-state index contributed by atoms with van der Waals surface area (Å²) in [5, 5.41) is 3.45. The highest BCUT2D eigenvalue weighted by atomic mass is 16.5. The second kappa shape index (κ2) is 5.71. The number of benzene rings is 1. The van der Waals surface area contributed by atoms with Crippen molar-refractivity contribution in [2.24, 2.45) is 0 Å². The summed E-state index contributed by atoms with van der Waals surface area (Å²) in [6.07, 6.45) is 1.90. The topological polar surface area (TPSA) is 21.3 Å². The quantitative estimate of drug-likeness (QED) is 0.768. The molecular weight excluding hydrogens is 198 g/mol. The second-order valence-electron chi connectivity index (χ2n) is 4.16. The lowest BCUT2D eigenvalue weighted by atomic mass is 10.0. The van der Waals surface area contributed by atoms with Crippen molar-refractivity contribution < 1.29 is 4.74 Å². The Bertz CT molecular complexity index is 360. The molecule has 2 nitrogen and oxygen atoms in total. The largest absolute Gasteiger partial charge is 0.496 e. The fourth-order valence-corrected chi connectivity index (χ4v) is 1.74. The standard InChI is InChI=1S/C14H21NO/c1-6-11(3)15-12(4)13-9-10(2)7-8-14(13)16-5/h6-9,11-12,15H,1H2,2-5H3. The smallest absolute Gasteiger partial charge is 0.123 e. The molecule has 0 radical (unpaired) electrons. The van der Waals surface area contributed by atoms with Crippen LogP contribution in [0.5, 0.6) is 5.75 Å². The lowest BCUT2D eigenvalue weighted by molar-refractivity contribution is 0.399. The predicted molar refractivity (Wildman–Crippen MR) is 68.9 cm³/mol. The minimum Gasteiger partial charge on any atom is -0.496 e. The second-order valence-corrected chi connectivity index (χ2v) is 4.16. The van der Waals surface area contributed by atoms with E-state index in [4.69, 9.17) is 4.74 Å². The van der Waals surface area contributed by atoms with Gasteiger partial charge in [0, 0.05) is 17.6 Å². The van der Waals surface area contributed by atoms with E-state index in [-0.39, 0.29) is 6.04 Å². The van der Waals surface area contributed by atoms with Gasteiger partial charge in [-0.05, 0) is 26.8 Å². The molecule has 0 aliphatic heterocycles. The molecule has 1 N–H and O–H groups in total. The van der Waals surface area contributed by atoms with Crippen molar-refractivity contribution in [2.75, 3.05) is 7.11 Å². The van der Waals surface area contributed by atoms with E-state index in [1.165, 1.54) is 11.1 Å². The predicted octanol–water partition coefficient (Wildman–Crippen LogP) is 3.23. The van der Waals surface area contributed by atoms with Crippen molar-refractivity contribution >= 4 is 0 Å². The molecule has 0 aliphatic carbocycles. The monoisotopic (exact) mass is 219 g/mol. The fraction of sp³-hybridized carbons (Fsp3) is 0.429. The van der Waals surface area contributed by atoms with E-state index in [1.807, 2.05) is 12.1 Å². The van der Waals surface area contributed by atoms with Gasteiger partial charge >= 0.3 is 0 Å². The van der Waals surface area contributed by atoms with Crippen molar-refractivity contribution in [3.05, 3.63) is 42.0 Å². The highest BCUT2D eigenvalue weighted by Gasteiger charge is 2.12. The summed E-state index contributed by atoms with van der Waals surface area (Å²) in [5.41, 5.74) is 2.44. The Morgan fingerprint density at radius 3 is 2.62 bits per heavy atom. The van der Waals surface area contributed by atoms with Crippen molar-refractivity contribution in [3.8, 4) is 5.75 Å². The average Bonchev–Trinajstić information content (AvgIpc) is 2.28. The number of nitrogens with one attached hydrogen (secondary N) is 1. The van der Waals surface area contributed by atoms with Crippen LogP contribution >= 0.6 is 0 Å². The molecule has 1 rings (SSSR count). The van der Waals surface area contributed by atoms with E-state index in [2.05, 4.69) is 44.8 Å². The maximum absolute atomic E-state index is 5.37. The summed E-state index contributed by atoms with van der Waals surface area (Å²) >= 11 is 0. The molecule has 1 aromatic rings. The van der Waals surface area contributed by atoms with Gasteiger partial charge in [0.1, 0.15) is 5.75 Å². The highest BCUT2D eigenvalue weighted by molar-refractivity contribution is 5.38. The maximum Gasteiger partial charge on any atom is 0.123 e. The molecule has 0 bridgehead atoms. The molecule has 0 saturated carbocycles. The third-order valence-electron chi connectivity index (χ3n) is 2.72.